The summed E-state index contributed by atoms with van der Waals surface area (Å²) in [4.78, 5) is 4.20. The second-order valence-electron chi connectivity index (χ2n) is 2.39. The van der Waals surface area contributed by atoms with Gasteiger partial charge >= 0.3 is 0 Å². The smallest absolute Gasteiger partial charge is 0.0593 e. The molecule has 1 aliphatic heterocycles. The van der Waals surface area contributed by atoms with Crippen molar-refractivity contribution in [1.29, 1.82) is 0 Å². The number of aliphatic imine (C=N–C) groups is 1. The van der Waals surface area contributed by atoms with Gasteiger partial charge in [-0.15, -0.1) is 0 Å². The fourth-order valence-corrected chi connectivity index (χ4v) is 0.858. The van der Waals surface area contributed by atoms with E-state index in [-0.39, 0.29) is 0 Å². The maximum absolute atomic E-state index is 4.20. The second kappa shape index (κ2) is 4.12. The lowest BCUT2D eigenvalue weighted by atomic mass is 10.1. The largest absolute Gasteiger partial charge is 0.254 e. The van der Waals surface area contributed by atoms with E-state index in [1.165, 1.54) is 11.1 Å². The molecular formula is C10H17N. The van der Waals surface area contributed by atoms with Gasteiger partial charge in [0.15, 0.2) is 0 Å². The molecule has 0 fully saturated rings. The average Bonchev–Trinajstić information content (AvgIpc) is 2.22. The summed E-state index contributed by atoms with van der Waals surface area (Å²) < 4.78 is 0. The van der Waals surface area contributed by atoms with Crippen LogP contribution in [0.15, 0.2) is 28.4 Å². The Morgan fingerprint density at radius 2 is 1.45 bits per heavy atom. The van der Waals surface area contributed by atoms with Crippen LogP contribution in [0.4, 0.5) is 0 Å². The molecule has 1 heteroatoms. The Balaban J connectivity index is 0.000000461. The van der Waals surface area contributed by atoms with Crippen molar-refractivity contribution in [3.05, 3.63) is 23.4 Å². The van der Waals surface area contributed by atoms with Crippen LogP contribution in [0.25, 0.3) is 0 Å². The van der Waals surface area contributed by atoms with Crippen molar-refractivity contribution in [2.75, 3.05) is 0 Å². The number of allylic oxidation sites excluding steroid dienone is 2. The van der Waals surface area contributed by atoms with Crippen molar-refractivity contribution < 1.29 is 0 Å². The highest BCUT2D eigenvalue weighted by Crippen LogP contribution is 2.22. The zero-order chi connectivity index (χ0) is 9.02. The highest BCUT2D eigenvalue weighted by atomic mass is 14.8. The molecular weight excluding hydrogens is 134 g/mol. The number of hydrogen-bond acceptors (Lipinski definition) is 1. The van der Waals surface area contributed by atoms with Crippen LogP contribution in [-0.4, -0.2) is 5.71 Å². The monoisotopic (exact) mass is 151 g/mol. The van der Waals surface area contributed by atoms with E-state index in [0.717, 1.165) is 11.4 Å². The van der Waals surface area contributed by atoms with Crippen molar-refractivity contribution in [1.82, 2.24) is 0 Å². The van der Waals surface area contributed by atoms with Crippen LogP contribution < -0.4 is 0 Å². The van der Waals surface area contributed by atoms with E-state index in [9.17, 15) is 0 Å². The molecule has 11 heavy (non-hydrogen) atoms. The van der Waals surface area contributed by atoms with E-state index in [2.05, 4.69) is 25.4 Å². The standard InChI is InChI=1S/C8H11N.C2H6/c1-5-6(2)8(4)9-7(5)3;1-2/h3H2,1-2,4H3;1-2H3. The van der Waals surface area contributed by atoms with E-state index < -0.39 is 0 Å². The Bertz CT molecular complexity index is 219. The quantitative estimate of drug-likeness (QED) is 0.503. The van der Waals surface area contributed by atoms with Crippen LogP contribution in [-0.2, 0) is 0 Å². The summed E-state index contributed by atoms with van der Waals surface area (Å²) in [6, 6.07) is 0. The molecule has 1 heterocycles. The highest BCUT2D eigenvalue weighted by molar-refractivity contribution is 6.02. The van der Waals surface area contributed by atoms with Crippen molar-refractivity contribution in [2.45, 2.75) is 34.6 Å². The molecule has 0 N–H and O–H groups in total. The Hall–Kier alpha value is -0.850. The predicted octanol–water partition coefficient (Wildman–Crippen LogP) is 3.34. The Morgan fingerprint density at radius 1 is 1.00 bits per heavy atom. The van der Waals surface area contributed by atoms with Crippen LogP contribution in [0.3, 0.4) is 0 Å². The second-order valence-corrected chi connectivity index (χ2v) is 2.39. The summed E-state index contributed by atoms with van der Waals surface area (Å²) in [7, 11) is 0. The van der Waals surface area contributed by atoms with Crippen LogP contribution >= 0.6 is 0 Å². The number of rotatable bonds is 0. The first-order chi connectivity index (χ1) is 5.13. The summed E-state index contributed by atoms with van der Waals surface area (Å²) in [6.07, 6.45) is 0. The lowest BCUT2D eigenvalue weighted by Gasteiger charge is -1.91. The first-order valence-corrected chi connectivity index (χ1v) is 4.05. The van der Waals surface area contributed by atoms with E-state index in [1.807, 2.05) is 20.8 Å². The van der Waals surface area contributed by atoms with Crippen molar-refractivity contribution in [3.63, 3.8) is 0 Å². The van der Waals surface area contributed by atoms with Crippen LogP contribution in [0.2, 0.25) is 0 Å². The minimum atomic E-state index is 0.921. The third-order valence-electron chi connectivity index (χ3n) is 1.84. The molecule has 0 aromatic carbocycles. The molecule has 0 spiro atoms. The molecule has 62 valence electrons. The van der Waals surface area contributed by atoms with Gasteiger partial charge in [0.1, 0.15) is 0 Å². The molecule has 0 aliphatic carbocycles. The van der Waals surface area contributed by atoms with Gasteiger partial charge in [0.2, 0.25) is 0 Å². The molecule has 0 atom stereocenters. The lowest BCUT2D eigenvalue weighted by Crippen LogP contribution is -1.86. The Morgan fingerprint density at radius 3 is 1.55 bits per heavy atom. The maximum atomic E-state index is 4.20. The SMILES string of the molecule is C=C1N=C(C)C(C)=C1C.CC. The Labute approximate surface area is 69.5 Å². The molecule has 0 radical (unpaired) electrons. The molecule has 0 saturated carbocycles. The van der Waals surface area contributed by atoms with E-state index >= 15 is 0 Å². The summed E-state index contributed by atoms with van der Waals surface area (Å²) >= 11 is 0. The van der Waals surface area contributed by atoms with Gasteiger partial charge in [0, 0.05) is 5.71 Å². The van der Waals surface area contributed by atoms with E-state index in [0.29, 0.717) is 0 Å². The van der Waals surface area contributed by atoms with Crippen LogP contribution in [0, 0.1) is 0 Å². The van der Waals surface area contributed by atoms with E-state index in [1.54, 1.807) is 0 Å². The van der Waals surface area contributed by atoms with Crippen molar-refractivity contribution in [2.24, 2.45) is 4.99 Å². The molecule has 1 rings (SSSR count). The third kappa shape index (κ3) is 2.04. The van der Waals surface area contributed by atoms with Crippen LogP contribution in [0.1, 0.15) is 34.6 Å². The molecule has 0 aromatic heterocycles. The van der Waals surface area contributed by atoms with E-state index in [4.69, 9.17) is 0 Å². The van der Waals surface area contributed by atoms with Gasteiger partial charge in [-0.2, -0.15) is 0 Å². The summed E-state index contributed by atoms with van der Waals surface area (Å²) in [5.41, 5.74) is 4.54. The first kappa shape index (κ1) is 10.2. The fraction of sp³-hybridized carbons (Fsp3) is 0.500. The summed E-state index contributed by atoms with van der Waals surface area (Å²) in [6.45, 7) is 13.9. The molecule has 1 aliphatic rings. The first-order valence-electron chi connectivity index (χ1n) is 4.05. The molecule has 0 bridgehead atoms. The zero-order valence-electron chi connectivity index (χ0n) is 8.15. The van der Waals surface area contributed by atoms with Gasteiger partial charge in [-0.1, -0.05) is 20.4 Å². The number of nitrogens with zero attached hydrogens (tertiary/aromatic N) is 1. The molecule has 0 aromatic rings. The van der Waals surface area contributed by atoms with Crippen molar-refractivity contribution >= 4 is 5.71 Å². The lowest BCUT2D eigenvalue weighted by molar-refractivity contribution is 1.33. The van der Waals surface area contributed by atoms with Gasteiger partial charge in [-0.25, -0.2) is 0 Å². The minimum absolute atomic E-state index is 0.921. The average molecular weight is 151 g/mol. The van der Waals surface area contributed by atoms with Gasteiger partial charge in [0.25, 0.3) is 0 Å². The summed E-state index contributed by atoms with van der Waals surface area (Å²) in [5, 5.41) is 0. The Kier molecular flexibility index (Phi) is 3.80. The van der Waals surface area contributed by atoms with Gasteiger partial charge in [0.05, 0.1) is 5.70 Å². The minimum Gasteiger partial charge on any atom is -0.254 e. The highest BCUT2D eigenvalue weighted by Gasteiger charge is 2.10. The summed E-state index contributed by atoms with van der Waals surface area (Å²) in [5.74, 6) is 0. The number of hydrogen-bond donors (Lipinski definition) is 0. The zero-order valence-corrected chi connectivity index (χ0v) is 8.15. The molecule has 1 nitrogen and oxygen atoms in total. The molecule has 0 amide bonds. The van der Waals surface area contributed by atoms with Crippen molar-refractivity contribution in [3.8, 4) is 0 Å². The van der Waals surface area contributed by atoms with Crippen LogP contribution in [0.5, 0.6) is 0 Å². The normalized spacial score (nSPS) is 16.1. The van der Waals surface area contributed by atoms with Gasteiger partial charge in [-0.3, -0.25) is 4.99 Å². The third-order valence-corrected chi connectivity index (χ3v) is 1.84. The van der Waals surface area contributed by atoms with Gasteiger partial charge < -0.3 is 0 Å². The topological polar surface area (TPSA) is 12.4 Å². The molecule has 0 saturated heterocycles. The fourth-order valence-electron chi connectivity index (χ4n) is 0.858. The predicted molar refractivity (Wildman–Crippen MR) is 52.0 cm³/mol. The maximum Gasteiger partial charge on any atom is 0.0593 e. The molecule has 0 unspecified atom stereocenters. The van der Waals surface area contributed by atoms with Gasteiger partial charge in [-0.05, 0) is 31.9 Å².